The third kappa shape index (κ3) is 3.59. The zero-order valence-electron chi connectivity index (χ0n) is 12.3. The molecule has 2 aromatic rings. The van der Waals surface area contributed by atoms with Crippen LogP contribution in [0.25, 0.3) is 0 Å². The zero-order valence-corrected chi connectivity index (χ0v) is 13.1. The number of aromatic nitrogens is 3. The maximum atomic E-state index is 12.4. The first-order valence-corrected chi connectivity index (χ1v) is 8.12. The quantitative estimate of drug-likeness (QED) is 0.747. The number of aryl methyl sites for hydroxylation is 2. The number of aromatic amines is 1. The standard InChI is InChI=1S/C13H19N5O2S/c1-4-14-7-11-8-15-17-13(11)21(19,20)18-12-6-5-9(2)16-10(12)3/h5-6,8,14,18H,4,7H2,1-3H3,(H,15,17). The van der Waals surface area contributed by atoms with Crippen molar-refractivity contribution in [3.05, 3.63) is 35.3 Å². The first-order chi connectivity index (χ1) is 9.94. The van der Waals surface area contributed by atoms with Crippen molar-refractivity contribution in [1.82, 2.24) is 20.5 Å². The van der Waals surface area contributed by atoms with Crippen molar-refractivity contribution in [3.8, 4) is 0 Å². The molecule has 0 aromatic carbocycles. The van der Waals surface area contributed by atoms with Crippen LogP contribution in [0.2, 0.25) is 0 Å². The van der Waals surface area contributed by atoms with Crippen molar-refractivity contribution in [2.24, 2.45) is 0 Å². The Hall–Kier alpha value is -1.93. The molecule has 0 aliphatic carbocycles. The SMILES string of the molecule is CCNCc1cn[nH]c1S(=O)(=O)Nc1ccc(C)nc1C. The van der Waals surface area contributed by atoms with Crippen molar-refractivity contribution >= 4 is 15.7 Å². The monoisotopic (exact) mass is 309 g/mol. The Kier molecular flexibility index (Phi) is 4.59. The molecule has 8 heteroatoms. The summed E-state index contributed by atoms with van der Waals surface area (Å²) >= 11 is 0. The van der Waals surface area contributed by atoms with E-state index in [1.54, 1.807) is 19.1 Å². The van der Waals surface area contributed by atoms with E-state index in [4.69, 9.17) is 0 Å². The highest BCUT2D eigenvalue weighted by molar-refractivity contribution is 7.92. The highest BCUT2D eigenvalue weighted by Gasteiger charge is 2.21. The molecule has 0 atom stereocenters. The van der Waals surface area contributed by atoms with Crippen LogP contribution in [-0.2, 0) is 16.6 Å². The number of anilines is 1. The summed E-state index contributed by atoms with van der Waals surface area (Å²) in [6.45, 7) is 6.76. The van der Waals surface area contributed by atoms with Gasteiger partial charge in [0.25, 0.3) is 10.0 Å². The van der Waals surface area contributed by atoms with E-state index in [-0.39, 0.29) is 5.03 Å². The number of pyridine rings is 1. The van der Waals surface area contributed by atoms with Gasteiger partial charge in [-0.2, -0.15) is 13.5 Å². The molecular formula is C13H19N5O2S. The fourth-order valence-corrected chi connectivity index (χ4v) is 3.16. The van der Waals surface area contributed by atoms with Gasteiger partial charge in [-0.1, -0.05) is 6.92 Å². The number of nitrogens with zero attached hydrogens (tertiary/aromatic N) is 2. The molecule has 0 fully saturated rings. The summed E-state index contributed by atoms with van der Waals surface area (Å²) in [5.74, 6) is 0. The Labute approximate surface area is 124 Å². The summed E-state index contributed by atoms with van der Waals surface area (Å²) in [6, 6.07) is 3.47. The van der Waals surface area contributed by atoms with Crippen LogP contribution in [0.5, 0.6) is 0 Å². The molecule has 2 heterocycles. The van der Waals surface area contributed by atoms with Crippen LogP contribution in [0.15, 0.2) is 23.4 Å². The predicted molar refractivity (Wildman–Crippen MR) is 80.5 cm³/mol. The summed E-state index contributed by atoms with van der Waals surface area (Å²) in [6.07, 6.45) is 1.51. The van der Waals surface area contributed by atoms with E-state index in [0.717, 1.165) is 12.2 Å². The maximum absolute atomic E-state index is 12.4. The van der Waals surface area contributed by atoms with E-state index in [1.165, 1.54) is 6.20 Å². The maximum Gasteiger partial charge on any atom is 0.279 e. The Morgan fingerprint density at radius 2 is 2.05 bits per heavy atom. The molecule has 0 spiro atoms. The van der Waals surface area contributed by atoms with Crippen LogP contribution in [0.4, 0.5) is 5.69 Å². The van der Waals surface area contributed by atoms with Crippen LogP contribution >= 0.6 is 0 Å². The lowest BCUT2D eigenvalue weighted by atomic mass is 10.3. The molecule has 21 heavy (non-hydrogen) atoms. The minimum atomic E-state index is -3.71. The van der Waals surface area contributed by atoms with Crippen LogP contribution in [0, 0.1) is 13.8 Å². The zero-order chi connectivity index (χ0) is 15.5. The van der Waals surface area contributed by atoms with Gasteiger partial charge in [0.15, 0.2) is 5.03 Å². The molecule has 2 aromatic heterocycles. The Morgan fingerprint density at radius 3 is 2.71 bits per heavy atom. The Balaban J connectivity index is 2.28. The number of hydrogen-bond acceptors (Lipinski definition) is 5. The van der Waals surface area contributed by atoms with Gasteiger partial charge in [0.1, 0.15) is 0 Å². The Bertz CT molecular complexity index is 724. The number of hydrogen-bond donors (Lipinski definition) is 3. The van der Waals surface area contributed by atoms with E-state index in [0.29, 0.717) is 23.5 Å². The highest BCUT2D eigenvalue weighted by atomic mass is 32.2. The van der Waals surface area contributed by atoms with Crippen molar-refractivity contribution < 1.29 is 8.42 Å². The molecule has 0 saturated carbocycles. The highest BCUT2D eigenvalue weighted by Crippen LogP contribution is 2.19. The predicted octanol–water partition coefficient (Wildman–Crippen LogP) is 1.33. The first kappa shape index (κ1) is 15.5. The summed E-state index contributed by atoms with van der Waals surface area (Å²) in [4.78, 5) is 4.25. The van der Waals surface area contributed by atoms with Gasteiger partial charge in [-0.3, -0.25) is 14.8 Å². The number of nitrogens with one attached hydrogen (secondary N) is 3. The number of sulfonamides is 1. The molecular weight excluding hydrogens is 290 g/mol. The second-order valence-corrected chi connectivity index (χ2v) is 6.32. The van der Waals surface area contributed by atoms with Gasteiger partial charge in [-0.25, -0.2) is 0 Å². The number of rotatable bonds is 6. The fourth-order valence-electron chi connectivity index (χ4n) is 1.91. The minimum Gasteiger partial charge on any atom is -0.313 e. The lowest BCUT2D eigenvalue weighted by Crippen LogP contribution is -2.19. The van der Waals surface area contributed by atoms with E-state index in [9.17, 15) is 8.42 Å². The molecule has 0 radical (unpaired) electrons. The smallest absolute Gasteiger partial charge is 0.279 e. The van der Waals surface area contributed by atoms with Gasteiger partial charge in [0.05, 0.1) is 17.6 Å². The molecule has 3 N–H and O–H groups in total. The third-order valence-corrected chi connectivity index (χ3v) is 4.36. The third-order valence-electron chi connectivity index (χ3n) is 2.98. The lowest BCUT2D eigenvalue weighted by Gasteiger charge is -2.10. The topological polar surface area (TPSA) is 99.8 Å². The van der Waals surface area contributed by atoms with Crippen LogP contribution in [0.1, 0.15) is 23.9 Å². The van der Waals surface area contributed by atoms with Crippen LogP contribution in [-0.4, -0.2) is 30.1 Å². The second-order valence-electron chi connectivity index (χ2n) is 4.70. The van der Waals surface area contributed by atoms with Gasteiger partial charge in [-0.05, 0) is 32.5 Å². The van der Waals surface area contributed by atoms with Gasteiger partial charge in [-0.15, -0.1) is 0 Å². The van der Waals surface area contributed by atoms with E-state index in [1.807, 2.05) is 13.8 Å². The number of H-pyrrole nitrogens is 1. The van der Waals surface area contributed by atoms with Gasteiger partial charge in [0.2, 0.25) is 0 Å². The van der Waals surface area contributed by atoms with Crippen LogP contribution < -0.4 is 10.0 Å². The average molecular weight is 309 g/mol. The normalized spacial score (nSPS) is 11.6. The molecule has 0 aliphatic heterocycles. The van der Waals surface area contributed by atoms with Crippen molar-refractivity contribution in [1.29, 1.82) is 0 Å². The molecule has 0 unspecified atom stereocenters. The molecule has 2 rings (SSSR count). The summed E-state index contributed by atoms with van der Waals surface area (Å²) in [7, 11) is -3.71. The van der Waals surface area contributed by atoms with Gasteiger partial charge >= 0.3 is 0 Å². The van der Waals surface area contributed by atoms with Gasteiger partial charge in [0, 0.05) is 17.8 Å². The molecule has 7 nitrogen and oxygen atoms in total. The van der Waals surface area contributed by atoms with Crippen molar-refractivity contribution in [2.75, 3.05) is 11.3 Å². The average Bonchev–Trinajstić information content (AvgIpc) is 2.89. The Morgan fingerprint density at radius 1 is 1.29 bits per heavy atom. The van der Waals surface area contributed by atoms with Gasteiger partial charge < -0.3 is 5.32 Å². The van der Waals surface area contributed by atoms with E-state index >= 15 is 0 Å². The van der Waals surface area contributed by atoms with Crippen molar-refractivity contribution in [2.45, 2.75) is 32.3 Å². The molecule has 0 amide bonds. The molecule has 0 aliphatic rings. The molecule has 0 bridgehead atoms. The lowest BCUT2D eigenvalue weighted by molar-refractivity contribution is 0.594. The van der Waals surface area contributed by atoms with E-state index in [2.05, 4.69) is 25.2 Å². The fraction of sp³-hybridized carbons (Fsp3) is 0.385. The minimum absolute atomic E-state index is 0.0726. The largest absolute Gasteiger partial charge is 0.313 e. The van der Waals surface area contributed by atoms with Crippen LogP contribution in [0.3, 0.4) is 0 Å². The molecule has 114 valence electrons. The van der Waals surface area contributed by atoms with E-state index < -0.39 is 10.0 Å². The second kappa shape index (κ2) is 6.23. The summed E-state index contributed by atoms with van der Waals surface area (Å²) in [5, 5.41) is 9.52. The summed E-state index contributed by atoms with van der Waals surface area (Å²) < 4.78 is 27.4. The molecule has 0 saturated heterocycles. The summed E-state index contributed by atoms with van der Waals surface area (Å²) in [5.41, 5.74) is 2.53. The van der Waals surface area contributed by atoms with Crippen molar-refractivity contribution in [3.63, 3.8) is 0 Å². The first-order valence-electron chi connectivity index (χ1n) is 6.64.